The smallest absolute Gasteiger partial charge is 0.338 e. The van der Waals surface area contributed by atoms with Crippen LogP contribution in [-0.2, 0) is 4.74 Å². The number of hydrogen-bond acceptors (Lipinski definition) is 3. The monoisotopic (exact) mass is 291 g/mol. The van der Waals surface area contributed by atoms with Crippen molar-refractivity contribution in [3.8, 4) is 0 Å². The van der Waals surface area contributed by atoms with Crippen molar-refractivity contribution in [2.45, 2.75) is 65.2 Å². The zero-order valence-electron chi connectivity index (χ0n) is 13.5. The molecular weight excluding hydrogens is 262 g/mol. The number of aryl methyl sites for hydroxylation is 1. The summed E-state index contributed by atoms with van der Waals surface area (Å²) >= 11 is 0. The number of carbonyl (C=O) groups excluding carboxylic acids is 1. The van der Waals surface area contributed by atoms with Gasteiger partial charge < -0.3 is 10.5 Å². The number of nitrogen functional groups attached to an aromatic ring is 1. The van der Waals surface area contributed by atoms with Crippen molar-refractivity contribution in [2.75, 3.05) is 12.3 Å². The first-order chi connectivity index (χ1) is 10.1. The Morgan fingerprint density at radius 2 is 1.67 bits per heavy atom. The second-order valence-corrected chi connectivity index (χ2v) is 5.69. The topological polar surface area (TPSA) is 52.3 Å². The molecule has 0 unspecified atom stereocenters. The molecule has 3 heteroatoms. The lowest BCUT2D eigenvalue weighted by Gasteiger charge is -2.07. The molecule has 0 aliphatic carbocycles. The maximum atomic E-state index is 11.9. The van der Waals surface area contributed by atoms with E-state index >= 15 is 0 Å². The van der Waals surface area contributed by atoms with Crippen molar-refractivity contribution in [3.63, 3.8) is 0 Å². The molecule has 118 valence electrons. The van der Waals surface area contributed by atoms with E-state index in [1.54, 1.807) is 18.2 Å². The van der Waals surface area contributed by atoms with Crippen molar-refractivity contribution in [1.29, 1.82) is 0 Å². The molecule has 0 aliphatic heterocycles. The van der Waals surface area contributed by atoms with Crippen molar-refractivity contribution in [2.24, 2.45) is 0 Å². The van der Waals surface area contributed by atoms with Gasteiger partial charge in [-0.2, -0.15) is 0 Å². The van der Waals surface area contributed by atoms with Crippen LogP contribution in [0, 0.1) is 6.92 Å². The molecule has 1 rings (SSSR count). The highest BCUT2D eigenvalue weighted by molar-refractivity contribution is 5.91. The number of carbonyl (C=O) groups is 1. The van der Waals surface area contributed by atoms with Crippen molar-refractivity contribution < 1.29 is 9.53 Å². The first-order valence-electron chi connectivity index (χ1n) is 8.18. The van der Waals surface area contributed by atoms with Crippen LogP contribution in [0.5, 0.6) is 0 Å². The van der Waals surface area contributed by atoms with Crippen LogP contribution in [0.3, 0.4) is 0 Å². The lowest BCUT2D eigenvalue weighted by molar-refractivity contribution is 0.0497. The van der Waals surface area contributed by atoms with Gasteiger partial charge in [-0.15, -0.1) is 0 Å². The maximum absolute atomic E-state index is 11.9. The van der Waals surface area contributed by atoms with Gasteiger partial charge in [0.2, 0.25) is 0 Å². The lowest BCUT2D eigenvalue weighted by atomic mass is 10.1. The first kappa shape index (κ1) is 17.5. The molecule has 1 aromatic carbocycles. The molecule has 0 saturated carbocycles. The number of nitrogens with two attached hydrogens (primary N) is 1. The molecule has 0 fully saturated rings. The third kappa shape index (κ3) is 7.16. The van der Waals surface area contributed by atoms with E-state index in [4.69, 9.17) is 10.5 Å². The average molecular weight is 291 g/mol. The second-order valence-electron chi connectivity index (χ2n) is 5.69. The van der Waals surface area contributed by atoms with Crippen LogP contribution in [0.4, 0.5) is 5.69 Å². The highest BCUT2D eigenvalue weighted by Crippen LogP contribution is 2.14. The molecule has 0 amide bonds. The van der Waals surface area contributed by atoms with Gasteiger partial charge in [0.05, 0.1) is 12.2 Å². The van der Waals surface area contributed by atoms with Crippen LogP contribution < -0.4 is 5.73 Å². The number of ether oxygens (including phenoxy) is 1. The van der Waals surface area contributed by atoms with Gasteiger partial charge in [0.1, 0.15) is 0 Å². The quantitative estimate of drug-likeness (QED) is 0.380. The Kier molecular flexibility index (Phi) is 8.56. The summed E-state index contributed by atoms with van der Waals surface area (Å²) in [5.41, 5.74) is 7.83. The van der Waals surface area contributed by atoms with Crippen molar-refractivity contribution >= 4 is 11.7 Å². The van der Waals surface area contributed by atoms with Crippen LogP contribution >= 0.6 is 0 Å². The van der Waals surface area contributed by atoms with E-state index in [0.29, 0.717) is 17.9 Å². The Morgan fingerprint density at radius 3 is 2.29 bits per heavy atom. The van der Waals surface area contributed by atoms with Crippen molar-refractivity contribution in [3.05, 3.63) is 29.3 Å². The average Bonchev–Trinajstić information content (AvgIpc) is 2.45. The number of rotatable bonds is 10. The molecule has 0 bridgehead atoms. The van der Waals surface area contributed by atoms with Gasteiger partial charge in [-0.25, -0.2) is 4.79 Å². The van der Waals surface area contributed by atoms with E-state index in [2.05, 4.69) is 6.92 Å². The molecule has 0 aliphatic rings. The van der Waals surface area contributed by atoms with Crippen LogP contribution in [0.1, 0.15) is 74.2 Å². The molecule has 0 saturated heterocycles. The fraction of sp³-hybridized carbons (Fsp3) is 0.611. The number of benzene rings is 1. The SMILES string of the molecule is CCCCCCCCCCOC(=O)c1ccc(N)cc1C. The molecule has 1 aromatic rings. The Labute approximate surface area is 128 Å². The van der Waals surface area contributed by atoms with E-state index in [9.17, 15) is 4.79 Å². The summed E-state index contributed by atoms with van der Waals surface area (Å²) in [7, 11) is 0. The van der Waals surface area contributed by atoms with Crippen molar-refractivity contribution in [1.82, 2.24) is 0 Å². The minimum absolute atomic E-state index is 0.240. The summed E-state index contributed by atoms with van der Waals surface area (Å²) in [6.45, 7) is 4.62. The molecular formula is C18H29NO2. The van der Waals surface area contributed by atoms with Gasteiger partial charge in [0.25, 0.3) is 0 Å². The number of esters is 1. The zero-order chi connectivity index (χ0) is 15.5. The highest BCUT2D eigenvalue weighted by Gasteiger charge is 2.09. The van der Waals surface area contributed by atoms with Gasteiger partial charge in [-0.1, -0.05) is 51.9 Å². The van der Waals surface area contributed by atoms with Crippen LogP contribution in [0.2, 0.25) is 0 Å². The van der Waals surface area contributed by atoms with Gasteiger partial charge in [0.15, 0.2) is 0 Å². The third-order valence-electron chi connectivity index (χ3n) is 3.70. The van der Waals surface area contributed by atoms with E-state index < -0.39 is 0 Å². The molecule has 0 radical (unpaired) electrons. The molecule has 0 spiro atoms. The van der Waals surface area contributed by atoms with E-state index in [1.807, 2.05) is 6.92 Å². The summed E-state index contributed by atoms with van der Waals surface area (Å²) in [4.78, 5) is 11.9. The predicted octanol–water partition coefficient (Wildman–Crippen LogP) is 4.87. The normalized spacial score (nSPS) is 10.6. The minimum Gasteiger partial charge on any atom is -0.462 e. The minimum atomic E-state index is -0.240. The standard InChI is InChI=1S/C18H29NO2/c1-3-4-5-6-7-8-9-10-13-21-18(20)17-12-11-16(19)14-15(17)2/h11-12,14H,3-10,13,19H2,1-2H3. The fourth-order valence-electron chi connectivity index (χ4n) is 2.39. The third-order valence-corrected chi connectivity index (χ3v) is 3.70. The largest absolute Gasteiger partial charge is 0.462 e. The van der Waals surface area contributed by atoms with Gasteiger partial charge in [0, 0.05) is 5.69 Å². The predicted molar refractivity (Wildman–Crippen MR) is 88.5 cm³/mol. The number of hydrogen-bond donors (Lipinski definition) is 1. The van der Waals surface area contributed by atoms with E-state index in [1.165, 1.54) is 38.5 Å². The summed E-state index contributed by atoms with van der Waals surface area (Å²) in [6.07, 6.45) is 9.94. The maximum Gasteiger partial charge on any atom is 0.338 e. The van der Waals surface area contributed by atoms with Crippen LogP contribution in [0.15, 0.2) is 18.2 Å². The Morgan fingerprint density at radius 1 is 1.05 bits per heavy atom. The molecule has 0 atom stereocenters. The fourth-order valence-corrected chi connectivity index (χ4v) is 2.39. The van der Waals surface area contributed by atoms with Crippen LogP contribution in [0.25, 0.3) is 0 Å². The highest BCUT2D eigenvalue weighted by atomic mass is 16.5. The molecule has 0 aromatic heterocycles. The first-order valence-corrected chi connectivity index (χ1v) is 8.18. The second kappa shape index (κ2) is 10.3. The Bertz CT molecular complexity index is 429. The van der Waals surface area contributed by atoms with E-state index in [0.717, 1.165) is 18.4 Å². The molecule has 2 N–H and O–H groups in total. The Hall–Kier alpha value is -1.51. The summed E-state index contributed by atoms with van der Waals surface area (Å²) in [5, 5.41) is 0. The summed E-state index contributed by atoms with van der Waals surface area (Å²) in [6, 6.07) is 5.27. The van der Waals surface area contributed by atoms with Gasteiger partial charge >= 0.3 is 5.97 Å². The Balaban J connectivity index is 2.11. The number of anilines is 1. The zero-order valence-corrected chi connectivity index (χ0v) is 13.5. The lowest BCUT2D eigenvalue weighted by Crippen LogP contribution is -2.08. The molecule has 3 nitrogen and oxygen atoms in total. The van der Waals surface area contributed by atoms with Gasteiger partial charge in [-0.05, 0) is 37.1 Å². The van der Waals surface area contributed by atoms with E-state index in [-0.39, 0.29) is 5.97 Å². The number of unbranched alkanes of at least 4 members (excludes halogenated alkanes) is 7. The molecule has 21 heavy (non-hydrogen) atoms. The van der Waals surface area contributed by atoms with Crippen LogP contribution in [-0.4, -0.2) is 12.6 Å². The van der Waals surface area contributed by atoms with Gasteiger partial charge in [-0.3, -0.25) is 0 Å². The molecule has 0 heterocycles. The summed E-state index contributed by atoms with van der Waals surface area (Å²) < 4.78 is 5.31. The summed E-state index contributed by atoms with van der Waals surface area (Å²) in [5.74, 6) is -0.240.